The number of thioether (sulfide) groups is 1. The van der Waals surface area contributed by atoms with E-state index in [-0.39, 0.29) is 0 Å². The summed E-state index contributed by atoms with van der Waals surface area (Å²) >= 11 is 1.99. The van der Waals surface area contributed by atoms with Crippen molar-refractivity contribution in [1.29, 1.82) is 0 Å². The van der Waals surface area contributed by atoms with Gasteiger partial charge in [-0.25, -0.2) is 9.97 Å². The van der Waals surface area contributed by atoms with E-state index in [0.717, 1.165) is 42.1 Å². The van der Waals surface area contributed by atoms with Crippen molar-refractivity contribution >= 4 is 17.6 Å². The van der Waals surface area contributed by atoms with E-state index in [4.69, 9.17) is 0 Å². The summed E-state index contributed by atoms with van der Waals surface area (Å²) in [5.41, 5.74) is 1.16. The zero-order valence-corrected chi connectivity index (χ0v) is 12.5. The summed E-state index contributed by atoms with van der Waals surface area (Å²) in [5.74, 6) is 2.02. The van der Waals surface area contributed by atoms with Gasteiger partial charge < -0.3 is 4.90 Å². The van der Waals surface area contributed by atoms with Gasteiger partial charge in [-0.15, -0.1) is 0 Å². The summed E-state index contributed by atoms with van der Waals surface area (Å²) in [6, 6.07) is 2.16. The molecule has 1 fully saturated rings. The Morgan fingerprint density at radius 1 is 1.39 bits per heavy atom. The Morgan fingerprint density at radius 3 is 2.94 bits per heavy atom. The summed E-state index contributed by atoms with van der Waals surface area (Å²) in [5, 5.41) is 0.743. The normalized spacial score (nSPS) is 20.8. The fraction of sp³-hybridized carbons (Fsp3) is 0.714. The number of aromatic nitrogens is 2. The average Bonchev–Trinajstić information content (AvgIpc) is 2.63. The predicted octanol–water partition coefficient (Wildman–Crippen LogP) is 3.07. The first-order valence-electron chi connectivity index (χ1n) is 6.85. The van der Waals surface area contributed by atoms with Gasteiger partial charge in [0, 0.05) is 30.1 Å². The molecule has 1 aromatic rings. The van der Waals surface area contributed by atoms with Crippen molar-refractivity contribution in [3.8, 4) is 0 Å². The molecular formula is C14H23N3S. The molecule has 100 valence electrons. The third-order valence-electron chi connectivity index (χ3n) is 3.53. The van der Waals surface area contributed by atoms with Gasteiger partial charge in [-0.1, -0.05) is 13.3 Å². The monoisotopic (exact) mass is 265 g/mol. The molecule has 4 heteroatoms. The van der Waals surface area contributed by atoms with Crippen molar-refractivity contribution < 1.29 is 0 Å². The van der Waals surface area contributed by atoms with Crippen LogP contribution < -0.4 is 4.90 Å². The number of hydrogen-bond donors (Lipinski definition) is 0. The molecule has 0 spiro atoms. The van der Waals surface area contributed by atoms with Crippen LogP contribution >= 0.6 is 11.8 Å². The molecule has 1 unspecified atom stereocenters. The molecule has 0 N–H and O–H groups in total. The third-order valence-corrected chi connectivity index (χ3v) is 4.58. The SMILES string of the molecule is CCc1cc(N2CCCCC(SC)C2)nc(C)n1. The lowest BCUT2D eigenvalue weighted by molar-refractivity contribution is 0.736. The van der Waals surface area contributed by atoms with Crippen LogP contribution in [-0.2, 0) is 6.42 Å². The molecule has 3 nitrogen and oxygen atoms in total. The Morgan fingerprint density at radius 2 is 2.22 bits per heavy atom. The third kappa shape index (κ3) is 3.37. The molecule has 1 aromatic heterocycles. The topological polar surface area (TPSA) is 29.0 Å². The quantitative estimate of drug-likeness (QED) is 0.840. The Hall–Kier alpha value is -0.770. The average molecular weight is 265 g/mol. The van der Waals surface area contributed by atoms with Gasteiger partial charge in [0.05, 0.1) is 0 Å². The second-order valence-electron chi connectivity index (χ2n) is 4.92. The summed E-state index contributed by atoms with van der Waals surface area (Å²) in [6.07, 6.45) is 7.16. The first-order valence-corrected chi connectivity index (χ1v) is 8.14. The second kappa shape index (κ2) is 6.41. The lowest BCUT2D eigenvalue weighted by Gasteiger charge is -2.25. The number of anilines is 1. The lowest BCUT2D eigenvalue weighted by atomic mass is 10.2. The van der Waals surface area contributed by atoms with Crippen molar-refractivity contribution in [1.82, 2.24) is 9.97 Å². The van der Waals surface area contributed by atoms with Crippen LogP contribution in [0.25, 0.3) is 0 Å². The van der Waals surface area contributed by atoms with E-state index < -0.39 is 0 Å². The van der Waals surface area contributed by atoms with E-state index in [1.54, 1.807) is 0 Å². The molecule has 2 heterocycles. The van der Waals surface area contributed by atoms with Gasteiger partial charge in [0.25, 0.3) is 0 Å². The minimum atomic E-state index is 0.743. The highest BCUT2D eigenvalue weighted by molar-refractivity contribution is 7.99. The van der Waals surface area contributed by atoms with E-state index in [9.17, 15) is 0 Å². The van der Waals surface area contributed by atoms with Gasteiger partial charge in [0.2, 0.25) is 0 Å². The molecule has 0 aliphatic carbocycles. The predicted molar refractivity (Wildman–Crippen MR) is 79.5 cm³/mol. The molecule has 0 saturated carbocycles. The van der Waals surface area contributed by atoms with Crippen LogP contribution in [0.1, 0.15) is 37.7 Å². The first-order chi connectivity index (χ1) is 8.72. The molecule has 1 atom stereocenters. The van der Waals surface area contributed by atoms with Crippen molar-refractivity contribution in [2.75, 3.05) is 24.2 Å². The highest BCUT2D eigenvalue weighted by atomic mass is 32.2. The van der Waals surface area contributed by atoms with Gasteiger partial charge in [-0.05, 0) is 32.4 Å². The van der Waals surface area contributed by atoms with Gasteiger partial charge in [0.15, 0.2) is 0 Å². The van der Waals surface area contributed by atoms with Gasteiger partial charge in [0.1, 0.15) is 11.6 Å². The highest BCUT2D eigenvalue weighted by Crippen LogP contribution is 2.24. The molecular weight excluding hydrogens is 242 g/mol. The number of rotatable bonds is 3. The van der Waals surface area contributed by atoms with Crippen LogP contribution in [0.15, 0.2) is 6.07 Å². The Bertz CT molecular complexity index is 395. The number of aryl methyl sites for hydroxylation is 2. The highest BCUT2D eigenvalue weighted by Gasteiger charge is 2.19. The Balaban J connectivity index is 2.20. The zero-order chi connectivity index (χ0) is 13.0. The molecule has 1 aliphatic heterocycles. The van der Waals surface area contributed by atoms with Crippen LogP contribution in [-0.4, -0.2) is 34.6 Å². The molecule has 0 radical (unpaired) electrons. The molecule has 2 rings (SSSR count). The van der Waals surface area contributed by atoms with Crippen LogP contribution in [0, 0.1) is 6.92 Å². The maximum atomic E-state index is 4.62. The maximum absolute atomic E-state index is 4.62. The minimum absolute atomic E-state index is 0.743. The Kier molecular flexibility index (Phi) is 4.87. The van der Waals surface area contributed by atoms with Gasteiger partial charge in [-0.2, -0.15) is 11.8 Å². The number of hydrogen-bond acceptors (Lipinski definition) is 4. The van der Waals surface area contributed by atoms with Gasteiger partial charge in [-0.3, -0.25) is 0 Å². The molecule has 0 aromatic carbocycles. The smallest absolute Gasteiger partial charge is 0.132 e. The fourth-order valence-electron chi connectivity index (χ4n) is 2.46. The lowest BCUT2D eigenvalue weighted by Crippen LogP contribution is -2.30. The van der Waals surface area contributed by atoms with E-state index in [1.165, 1.54) is 19.3 Å². The maximum Gasteiger partial charge on any atom is 0.132 e. The van der Waals surface area contributed by atoms with Crippen LogP contribution in [0.3, 0.4) is 0 Å². The minimum Gasteiger partial charge on any atom is -0.355 e. The molecule has 1 saturated heterocycles. The summed E-state index contributed by atoms with van der Waals surface area (Å²) in [6.45, 7) is 6.41. The second-order valence-corrected chi connectivity index (χ2v) is 6.06. The van der Waals surface area contributed by atoms with Crippen LogP contribution in [0.4, 0.5) is 5.82 Å². The summed E-state index contributed by atoms with van der Waals surface area (Å²) in [4.78, 5) is 11.5. The largest absolute Gasteiger partial charge is 0.355 e. The van der Waals surface area contributed by atoms with Crippen LogP contribution in [0.2, 0.25) is 0 Å². The van der Waals surface area contributed by atoms with E-state index in [2.05, 4.69) is 34.1 Å². The van der Waals surface area contributed by atoms with Crippen molar-refractivity contribution in [3.63, 3.8) is 0 Å². The number of nitrogens with zero attached hydrogens (tertiary/aromatic N) is 3. The summed E-state index contributed by atoms with van der Waals surface area (Å²) in [7, 11) is 0. The van der Waals surface area contributed by atoms with E-state index >= 15 is 0 Å². The first kappa shape index (κ1) is 13.7. The fourth-order valence-corrected chi connectivity index (χ4v) is 3.19. The van der Waals surface area contributed by atoms with Crippen molar-refractivity contribution in [2.24, 2.45) is 0 Å². The van der Waals surface area contributed by atoms with E-state index in [0.29, 0.717) is 0 Å². The van der Waals surface area contributed by atoms with E-state index in [1.807, 2.05) is 18.7 Å². The molecule has 18 heavy (non-hydrogen) atoms. The standard InChI is InChI=1S/C14H23N3S/c1-4-12-9-14(16-11(2)15-12)17-8-6-5-7-13(10-17)18-3/h9,13H,4-8,10H2,1-3H3. The van der Waals surface area contributed by atoms with Crippen molar-refractivity contribution in [2.45, 2.75) is 44.8 Å². The van der Waals surface area contributed by atoms with Gasteiger partial charge >= 0.3 is 0 Å². The zero-order valence-electron chi connectivity index (χ0n) is 11.6. The van der Waals surface area contributed by atoms with Crippen molar-refractivity contribution in [3.05, 3.63) is 17.6 Å². The molecule has 1 aliphatic rings. The molecule has 0 bridgehead atoms. The summed E-state index contributed by atoms with van der Waals surface area (Å²) < 4.78 is 0. The van der Waals surface area contributed by atoms with Crippen LogP contribution in [0.5, 0.6) is 0 Å². The Labute approximate surface area is 114 Å². The molecule has 0 amide bonds.